The first-order valence-electron chi connectivity index (χ1n) is 6.52. The Labute approximate surface area is 138 Å². The van der Waals surface area contributed by atoms with Crippen LogP contribution in [0.2, 0.25) is 0 Å². The molecule has 2 heteroatoms. The molecule has 2 aliphatic rings. The van der Waals surface area contributed by atoms with Crippen LogP contribution in [0.4, 0.5) is 0 Å². The smallest absolute Gasteiger partial charge is 0 e. The Morgan fingerprint density at radius 1 is 1.06 bits per heavy atom. The maximum absolute atomic E-state index is 2.54. The molecule has 2 bridgehead atoms. The Morgan fingerprint density at radius 3 is 1.76 bits per heavy atom. The fraction of sp³-hybridized carbons (Fsp3) is 0.800. The normalized spacial score (nSPS) is 30.5. The van der Waals surface area contributed by atoms with Crippen LogP contribution in [-0.2, 0) is 42.1 Å². The molecule has 0 saturated heterocycles. The Balaban J connectivity index is 0. The topological polar surface area (TPSA) is 0 Å². The van der Waals surface area contributed by atoms with Crippen molar-refractivity contribution in [1.82, 2.24) is 0 Å². The van der Waals surface area contributed by atoms with Gasteiger partial charge >= 0.3 is 0 Å². The molecule has 0 unspecified atom stereocenters. The van der Waals surface area contributed by atoms with Gasteiger partial charge in [-0.25, -0.2) is 0 Å². The second kappa shape index (κ2) is 10.2. The average molecular weight is 575 g/mol. The number of rotatable bonds is 1. The third-order valence-electron chi connectivity index (χ3n) is 4.02. The summed E-state index contributed by atoms with van der Waals surface area (Å²) in [5.74, 6) is 1.86. The van der Waals surface area contributed by atoms with Gasteiger partial charge in [0.2, 0.25) is 0 Å². The van der Waals surface area contributed by atoms with Crippen LogP contribution in [0.15, 0.2) is 0 Å². The average Bonchev–Trinajstić information content (AvgIpc) is 2.19. The van der Waals surface area contributed by atoms with E-state index in [4.69, 9.17) is 0 Å². The third-order valence-corrected chi connectivity index (χ3v) is 4.02. The first-order valence-corrected chi connectivity index (χ1v) is 6.52. The predicted molar refractivity (Wildman–Crippen MR) is 68.1 cm³/mol. The summed E-state index contributed by atoms with van der Waals surface area (Å²) >= 11 is 0. The van der Waals surface area contributed by atoms with Crippen molar-refractivity contribution in [2.24, 2.45) is 17.3 Å². The van der Waals surface area contributed by atoms with E-state index in [0.717, 1.165) is 11.8 Å². The molecule has 0 amide bonds. The fourth-order valence-electron chi connectivity index (χ4n) is 3.01. The zero-order valence-electron chi connectivity index (χ0n) is 11.7. The number of fused-ring (bicyclic) bond motifs is 2. The number of hydrogen-bond donors (Lipinski definition) is 0. The van der Waals surface area contributed by atoms with Crippen molar-refractivity contribution in [2.75, 3.05) is 0 Å². The third kappa shape index (κ3) is 5.91. The van der Waals surface area contributed by atoms with E-state index in [2.05, 4.69) is 26.7 Å². The van der Waals surface area contributed by atoms with Crippen LogP contribution in [0.3, 0.4) is 0 Å². The molecule has 102 valence electrons. The molecule has 2 aliphatic carbocycles. The van der Waals surface area contributed by atoms with Crippen LogP contribution in [-0.4, -0.2) is 0 Å². The van der Waals surface area contributed by atoms with Crippen LogP contribution in [0.25, 0.3) is 0 Å². The summed E-state index contributed by atoms with van der Waals surface area (Å²) in [7, 11) is 0. The Kier molecular flexibility index (Phi) is 12.4. The molecule has 0 atom stereocenters. The Bertz CT molecular complexity index is 168. The van der Waals surface area contributed by atoms with E-state index >= 15 is 0 Å². The van der Waals surface area contributed by atoms with Gasteiger partial charge in [-0.05, 0) is 5.92 Å². The van der Waals surface area contributed by atoms with Gasteiger partial charge in [0.1, 0.15) is 0 Å². The van der Waals surface area contributed by atoms with Crippen LogP contribution in [0.1, 0.15) is 59.8 Å². The molecule has 0 aromatic rings. The summed E-state index contributed by atoms with van der Waals surface area (Å²) in [5, 5.41) is 0. The van der Waals surface area contributed by atoms with Crippen molar-refractivity contribution in [3.63, 3.8) is 0 Å². The summed E-state index contributed by atoms with van der Waals surface area (Å²) in [6.45, 7) is 8.80. The molecule has 0 aromatic heterocycles. The van der Waals surface area contributed by atoms with Crippen LogP contribution < -0.4 is 0 Å². The minimum atomic E-state index is 0. The SMILES string of the molecule is CC(C)C12C[CH-]CC(C[CH-]C1)C2.C[CH-]C.[W].[W]. The van der Waals surface area contributed by atoms with Gasteiger partial charge in [0.25, 0.3) is 0 Å². The summed E-state index contributed by atoms with van der Waals surface area (Å²) < 4.78 is 0. The van der Waals surface area contributed by atoms with Crippen molar-refractivity contribution in [3.05, 3.63) is 19.3 Å². The van der Waals surface area contributed by atoms with E-state index in [1.807, 2.05) is 20.3 Å². The van der Waals surface area contributed by atoms with Gasteiger partial charge < -0.3 is 19.3 Å². The molecule has 2 saturated carbocycles. The maximum atomic E-state index is 2.54. The molecule has 0 aromatic carbocycles. The molecule has 0 aliphatic heterocycles. The molecule has 0 heterocycles. The van der Waals surface area contributed by atoms with Gasteiger partial charge in [0.05, 0.1) is 0 Å². The van der Waals surface area contributed by atoms with E-state index < -0.39 is 0 Å². The van der Waals surface area contributed by atoms with Gasteiger partial charge in [-0.15, -0.1) is 0 Å². The summed E-state index contributed by atoms with van der Waals surface area (Å²) in [6.07, 6.45) is 14.1. The first kappa shape index (κ1) is 20.7. The first-order chi connectivity index (χ1) is 7.14. The van der Waals surface area contributed by atoms with Gasteiger partial charge in [0, 0.05) is 42.1 Å². The molecule has 2 rings (SSSR count). The van der Waals surface area contributed by atoms with E-state index in [1.54, 1.807) is 0 Å². The maximum Gasteiger partial charge on any atom is 0 e. The van der Waals surface area contributed by atoms with E-state index in [9.17, 15) is 0 Å². The number of hydrogen-bond acceptors (Lipinski definition) is 0. The van der Waals surface area contributed by atoms with Crippen LogP contribution in [0, 0.1) is 36.5 Å². The quantitative estimate of drug-likeness (QED) is 0.393. The minimum Gasteiger partial charge on any atom is -0.335 e. The molecule has 17 heavy (non-hydrogen) atoms. The molecule has 0 N–H and O–H groups in total. The van der Waals surface area contributed by atoms with E-state index in [0.29, 0.717) is 5.41 Å². The Morgan fingerprint density at radius 2 is 1.47 bits per heavy atom. The zero-order valence-corrected chi connectivity index (χ0v) is 17.6. The van der Waals surface area contributed by atoms with E-state index in [-0.39, 0.29) is 42.1 Å². The summed E-state index contributed by atoms with van der Waals surface area (Å²) in [4.78, 5) is 0. The predicted octanol–water partition coefficient (Wildman–Crippen LogP) is 4.86. The van der Waals surface area contributed by atoms with Crippen LogP contribution in [0.5, 0.6) is 0 Å². The second-order valence-electron chi connectivity index (χ2n) is 5.62. The van der Waals surface area contributed by atoms with Gasteiger partial charge in [0.15, 0.2) is 0 Å². The molecule has 2 fully saturated rings. The van der Waals surface area contributed by atoms with Crippen molar-refractivity contribution in [2.45, 2.75) is 59.8 Å². The summed E-state index contributed by atoms with van der Waals surface area (Å²) in [5.41, 5.74) is 0.668. The standard InChI is InChI=1S/C12H20.C3H7.2W/c1-10(2)12-7-3-5-11(9-12)6-4-8-12;1-3-2;;/h3-4,10-11H,5-9H2,1-2H3;3H,1-2H3;;/q-2;-1;;. The van der Waals surface area contributed by atoms with Crippen molar-refractivity contribution >= 4 is 0 Å². The molecule has 0 nitrogen and oxygen atoms in total. The van der Waals surface area contributed by atoms with E-state index in [1.165, 1.54) is 32.1 Å². The zero-order chi connectivity index (χ0) is 11.3. The largest absolute Gasteiger partial charge is 0.335 e. The summed E-state index contributed by atoms with van der Waals surface area (Å²) in [6, 6.07) is 0. The molecular weight excluding hydrogens is 548 g/mol. The van der Waals surface area contributed by atoms with Gasteiger partial charge in [-0.1, -0.05) is 31.6 Å². The van der Waals surface area contributed by atoms with Gasteiger partial charge in [-0.3, -0.25) is 0 Å². The van der Waals surface area contributed by atoms with Crippen LogP contribution >= 0.6 is 0 Å². The van der Waals surface area contributed by atoms with Crippen molar-refractivity contribution < 1.29 is 42.1 Å². The minimum absolute atomic E-state index is 0. The van der Waals surface area contributed by atoms with Crippen molar-refractivity contribution in [3.8, 4) is 0 Å². The Hall–Kier alpha value is 1.38. The second-order valence-corrected chi connectivity index (χ2v) is 5.62. The van der Waals surface area contributed by atoms with Gasteiger partial charge in [-0.2, -0.15) is 39.5 Å². The fourth-order valence-corrected chi connectivity index (χ4v) is 3.01. The monoisotopic (exact) mass is 575 g/mol. The molecule has 0 spiro atoms. The molecular formula is C15H27W2-3. The molecule has 0 radical (unpaired) electrons. The van der Waals surface area contributed by atoms with Crippen molar-refractivity contribution in [1.29, 1.82) is 0 Å².